The van der Waals surface area contributed by atoms with Crippen LogP contribution in [0.5, 0.6) is 11.5 Å². The summed E-state index contributed by atoms with van der Waals surface area (Å²) in [5, 5.41) is 2.61. The maximum Gasteiger partial charge on any atom is 0.216 e. The SMILES string of the molecule is COc1cc2c(cc1OC)CN(S(=O)(=O)CCCNC(C)=O)CC2. The van der Waals surface area contributed by atoms with E-state index in [4.69, 9.17) is 9.47 Å². The highest BCUT2D eigenvalue weighted by molar-refractivity contribution is 7.89. The first-order chi connectivity index (χ1) is 11.4. The van der Waals surface area contributed by atoms with Crippen molar-refractivity contribution >= 4 is 15.9 Å². The molecule has 0 aromatic heterocycles. The van der Waals surface area contributed by atoms with Crippen LogP contribution in [0, 0.1) is 0 Å². The molecule has 0 bridgehead atoms. The molecule has 0 aliphatic carbocycles. The number of hydrogen-bond acceptors (Lipinski definition) is 5. The normalized spacial score (nSPS) is 14.8. The maximum absolute atomic E-state index is 12.5. The first-order valence-electron chi connectivity index (χ1n) is 7.83. The molecule has 8 heteroatoms. The molecule has 7 nitrogen and oxygen atoms in total. The van der Waals surface area contributed by atoms with E-state index in [2.05, 4.69) is 5.32 Å². The highest BCUT2D eigenvalue weighted by Crippen LogP contribution is 2.33. The van der Waals surface area contributed by atoms with E-state index in [1.807, 2.05) is 12.1 Å². The summed E-state index contributed by atoms with van der Waals surface area (Å²) < 4.78 is 37.0. The van der Waals surface area contributed by atoms with Crippen molar-refractivity contribution in [1.82, 2.24) is 9.62 Å². The second kappa shape index (κ2) is 7.85. The Hall–Kier alpha value is -1.80. The van der Waals surface area contributed by atoms with Gasteiger partial charge in [-0.25, -0.2) is 8.42 Å². The molecule has 1 amide bonds. The molecule has 1 heterocycles. The zero-order valence-electron chi connectivity index (χ0n) is 14.3. The predicted octanol–water partition coefficient (Wildman–Crippen LogP) is 0.918. The maximum atomic E-state index is 12.5. The fraction of sp³-hybridized carbons (Fsp3) is 0.562. The summed E-state index contributed by atoms with van der Waals surface area (Å²) >= 11 is 0. The van der Waals surface area contributed by atoms with Crippen LogP contribution in [-0.2, 0) is 27.8 Å². The van der Waals surface area contributed by atoms with Crippen LogP contribution in [0.4, 0.5) is 0 Å². The van der Waals surface area contributed by atoms with Gasteiger partial charge in [-0.05, 0) is 36.1 Å². The van der Waals surface area contributed by atoms with Gasteiger partial charge in [0.2, 0.25) is 15.9 Å². The summed E-state index contributed by atoms with van der Waals surface area (Å²) in [4.78, 5) is 10.8. The zero-order valence-corrected chi connectivity index (χ0v) is 15.1. The summed E-state index contributed by atoms with van der Waals surface area (Å²) in [5.41, 5.74) is 2.02. The van der Waals surface area contributed by atoms with Crippen molar-refractivity contribution < 1.29 is 22.7 Å². The molecule has 1 aromatic rings. The monoisotopic (exact) mass is 356 g/mol. The van der Waals surface area contributed by atoms with Crippen LogP contribution in [0.2, 0.25) is 0 Å². The lowest BCUT2D eigenvalue weighted by Gasteiger charge is -2.29. The molecule has 1 aromatic carbocycles. The van der Waals surface area contributed by atoms with Crippen LogP contribution in [-0.4, -0.2) is 51.7 Å². The van der Waals surface area contributed by atoms with E-state index in [9.17, 15) is 13.2 Å². The van der Waals surface area contributed by atoms with Gasteiger partial charge in [0, 0.05) is 26.6 Å². The average Bonchev–Trinajstić information content (AvgIpc) is 2.56. The molecule has 0 spiro atoms. The van der Waals surface area contributed by atoms with Crippen molar-refractivity contribution in [2.45, 2.75) is 26.3 Å². The number of methoxy groups -OCH3 is 2. The lowest BCUT2D eigenvalue weighted by molar-refractivity contribution is -0.118. The Kier molecular flexibility index (Phi) is 6.06. The predicted molar refractivity (Wildman–Crippen MR) is 90.7 cm³/mol. The van der Waals surface area contributed by atoms with E-state index in [0.29, 0.717) is 44.0 Å². The van der Waals surface area contributed by atoms with Gasteiger partial charge in [0.1, 0.15) is 0 Å². The summed E-state index contributed by atoms with van der Waals surface area (Å²) in [5.74, 6) is 1.12. The number of carbonyl (C=O) groups excluding carboxylic acids is 1. The lowest BCUT2D eigenvalue weighted by Crippen LogP contribution is -2.38. The quantitative estimate of drug-likeness (QED) is 0.734. The number of nitrogens with zero attached hydrogens (tertiary/aromatic N) is 1. The summed E-state index contributed by atoms with van der Waals surface area (Å²) in [6, 6.07) is 3.75. The van der Waals surface area contributed by atoms with Gasteiger partial charge >= 0.3 is 0 Å². The van der Waals surface area contributed by atoms with Crippen molar-refractivity contribution in [3.8, 4) is 11.5 Å². The Morgan fingerprint density at radius 3 is 2.42 bits per heavy atom. The molecule has 0 atom stereocenters. The summed E-state index contributed by atoms with van der Waals surface area (Å²) in [6.07, 6.45) is 1.04. The standard InChI is InChI=1S/C16H24N2O5S/c1-12(19)17-6-4-8-24(20,21)18-7-5-13-9-15(22-2)16(23-3)10-14(13)11-18/h9-10H,4-8,11H2,1-3H3,(H,17,19). The van der Waals surface area contributed by atoms with Gasteiger partial charge in [-0.3, -0.25) is 4.79 Å². The molecule has 0 radical (unpaired) electrons. The minimum atomic E-state index is -3.35. The van der Waals surface area contributed by atoms with Crippen molar-refractivity contribution in [2.75, 3.05) is 33.1 Å². The lowest BCUT2D eigenvalue weighted by atomic mass is 10.0. The van der Waals surface area contributed by atoms with Crippen LogP contribution in [0.25, 0.3) is 0 Å². The molecular weight excluding hydrogens is 332 g/mol. The van der Waals surface area contributed by atoms with E-state index in [0.717, 1.165) is 11.1 Å². The summed E-state index contributed by atoms with van der Waals surface area (Å²) in [6.45, 7) is 2.56. The van der Waals surface area contributed by atoms with Crippen LogP contribution < -0.4 is 14.8 Å². The van der Waals surface area contributed by atoms with Crippen LogP contribution >= 0.6 is 0 Å². The van der Waals surface area contributed by atoms with Crippen LogP contribution in [0.1, 0.15) is 24.5 Å². The number of rotatable bonds is 7. The summed E-state index contributed by atoms with van der Waals surface area (Å²) in [7, 11) is -0.208. The fourth-order valence-electron chi connectivity index (χ4n) is 2.74. The van der Waals surface area contributed by atoms with Gasteiger partial charge in [-0.15, -0.1) is 0 Å². The Bertz CT molecular complexity index is 703. The zero-order chi connectivity index (χ0) is 17.7. The second-order valence-electron chi connectivity index (χ2n) is 5.71. The van der Waals surface area contributed by atoms with E-state index in [-0.39, 0.29) is 11.7 Å². The molecular formula is C16H24N2O5S. The minimum Gasteiger partial charge on any atom is -0.493 e. The van der Waals surface area contributed by atoms with Gasteiger partial charge in [-0.2, -0.15) is 4.31 Å². The van der Waals surface area contributed by atoms with Gasteiger partial charge in [0.25, 0.3) is 0 Å². The Balaban J connectivity index is 2.07. The van der Waals surface area contributed by atoms with Gasteiger partial charge in [0.05, 0.1) is 20.0 Å². The van der Waals surface area contributed by atoms with E-state index < -0.39 is 10.0 Å². The average molecular weight is 356 g/mol. The third kappa shape index (κ3) is 4.39. The van der Waals surface area contributed by atoms with Gasteiger partial charge in [-0.1, -0.05) is 0 Å². The number of benzene rings is 1. The Morgan fingerprint density at radius 1 is 1.21 bits per heavy atom. The smallest absolute Gasteiger partial charge is 0.216 e. The Morgan fingerprint density at radius 2 is 1.83 bits per heavy atom. The Labute approximate surface area is 143 Å². The topological polar surface area (TPSA) is 84.9 Å². The molecule has 2 rings (SSSR count). The number of amides is 1. The molecule has 0 unspecified atom stereocenters. The highest BCUT2D eigenvalue weighted by Gasteiger charge is 2.27. The largest absolute Gasteiger partial charge is 0.493 e. The van der Waals surface area contributed by atoms with Crippen molar-refractivity contribution in [3.05, 3.63) is 23.3 Å². The highest BCUT2D eigenvalue weighted by atomic mass is 32.2. The number of hydrogen-bond donors (Lipinski definition) is 1. The molecule has 0 saturated heterocycles. The van der Waals surface area contributed by atoms with E-state index in [1.54, 1.807) is 14.2 Å². The van der Waals surface area contributed by atoms with Crippen molar-refractivity contribution in [2.24, 2.45) is 0 Å². The number of sulfonamides is 1. The van der Waals surface area contributed by atoms with Crippen molar-refractivity contribution in [1.29, 1.82) is 0 Å². The molecule has 24 heavy (non-hydrogen) atoms. The first kappa shape index (κ1) is 18.5. The molecule has 0 fully saturated rings. The molecule has 1 N–H and O–H groups in total. The minimum absolute atomic E-state index is 0.0237. The van der Waals surface area contributed by atoms with Gasteiger partial charge in [0.15, 0.2) is 11.5 Å². The number of ether oxygens (including phenoxy) is 2. The van der Waals surface area contributed by atoms with E-state index in [1.165, 1.54) is 11.2 Å². The molecule has 134 valence electrons. The molecule has 1 aliphatic rings. The number of nitrogens with one attached hydrogen (secondary N) is 1. The molecule has 0 saturated carbocycles. The first-order valence-corrected chi connectivity index (χ1v) is 9.44. The number of carbonyl (C=O) groups is 1. The van der Waals surface area contributed by atoms with Crippen LogP contribution in [0.15, 0.2) is 12.1 Å². The third-order valence-corrected chi connectivity index (χ3v) is 5.93. The third-order valence-electron chi connectivity index (χ3n) is 4.03. The molecule has 1 aliphatic heterocycles. The second-order valence-corrected chi connectivity index (χ2v) is 7.80. The van der Waals surface area contributed by atoms with E-state index >= 15 is 0 Å². The van der Waals surface area contributed by atoms with Gasteiger partial charge < -0.3 is 14.8 Å². The van der Waals surface area contributed by atoms with Crippen LogP contribution in [0.3, 0.4) is 0 Å². The fourth-order valence-corrected chi connectivity index (χ4v) is 4.22. The van der Waals surface area contributed by atoms with Crippen molar-refractivity contribution in [3.63, 3.8) is 0 Å². The number of fused-ring (bicyclic) bond motifs is 1.